The van der Waals surface area contributed by atoms with Gasteiger partial charge in [-0.05, 0) is 19.1 Å². The van der Waals surface area contributed by atoms with Crippen molar-refractivity contribution in [1.29, 1.82) is 0 Å². The summed E-state index contributed by atoms with van der Waals surface area (Å²) in [5.41, 5.74) is -0.170. The molecule has 1 aromatic rings. The highest BCUT2D eigenvalue weighted by molar-refractivity contribution is 5.89. The molecule has 0 aliphatic rings. The summed E-state index contributed by atoms with van der Waals surface area (Å²) in [6.07, 6.45) is 0. The molecule has 5 heteroatoms. The SMILES string of the molecule is CCNC(=O)Nc1cc(F)ccc1F. The van der Waals surface area contributed by atoms with Gasteiger partial charge in [-0.25, -0.2) is 13.6 Å². The van der Waals surface area contributed by atoms with Crippen molar-refractivity contribution in [3.05, 3.63) is 29.8 Å². The van der Waals surface area contributed by atoms with Crippen LogP contribution in [0.2, 0.25) is 0 Å². The molecule has 1 aromatic carbocycles. The molecular weight excluding hydrogens is 190 g/mol. The maximum atomic E-state index is 13.0. The number of rotatable bonds is 2. The van der Waals surface area contributed by atoms with Gasteiger partial charge in [0.2, 0.25) is 0 Å². The topological polar surface area (TPSA) is 41.1 Å². The van der Waals surface area contributed by atoms with Gasteiger partial charge < -0.3 is 10.6 Å². The predicted octanol–water partition coefficient (Wildman–Crippen LogP) is 2.11. The summed E-state index contributed by atoms with van der Waals surface area (Å²) >= 11 is 0. The summed E-state index contributed by atoms with van der Waals surface area (Å²) < 4.78 is 25.6. The third kappa shape index (κ3) is 2.69. The normalized spacial score (nSPS) is 9.64. The highest BCUT2D eigenvalue weighted by atomic mass is 19.1. The second-order valence-electron chi connectivity index (χ2n) is 2.61. The first kappa shape index (κ1) is 10.4. The van der Waals surface area contributed by atoms with E-state index in [9.17, 15) is 13.6 Å². The molecule has 2 N–H and O–H groups in total. The molecule has 0 bridgehead atoms. The Morgan fingerprint density at radius 2 is 2.14 bits per heavy atom. The molecule has 0 aliphatic carbocycles. The molecule has 0 saturated carbocycles. The number of carbonyl (C=O) groups is 1. The molecule has 0 radical (unpaired) electrons. The van der Waals surface area contributed by atoms with E-state index in [1.807, 2.05) is 0 Å². The maximum Gasteiger partial charge on any atom is 0.319 e. The highest BCUT2D eigenvalue weighted by Crippen LogP contribution is 2.14. The molecule has 0 fully saturated rings. The first-order valence-electron chi connectivity index (χ1n) is 4.13. The van der Waals surface area contributed by atoms with Crippen LogP contribution in [0.1, 0.15) is 6.92 Å². The van der Waals surface area contributed by atoms with E-state index in [1.165, 1.54) is 0 Å². The number of hydrogen-bond donors (Lipinski definition) is 2. The number of nitrogens with one attached hydrogen (secondary N) is 2. The lowest BCUT2D eigenvalue weighted by molar-refractivity contribution is 0.252. The van der Waals surface area contributed by atoms with Crippen molar-refractivity contribution < 1.29 is 13.6 Å². The molecule has 0 aliphatic heterocycles. The van der Waals surface area contributed by atoms with Gasteiger partial charge in [0.05, 0.1) is 5.69 Å². The number of urea groups is 1. The second kappa shape index (κ2) is 4.55. The van der Waals surface area contributed by atoms with Crippen molar-refractivity contribution in [1.82, 2.24) is 5.32 Å². The third-order valence-electron chi connectivity index (χ3n) is 1.51. The van der Waals surface area contributed by atoms with E-state index in [2.05, 4.69) is 10.6 Å². The smallest absolute Gasteiger partial charge is 0.319 e. The Balaban J connectivity index is 2.75. The highest BCUT2D eigenvalue weighted by Gasteiger charge is 2.06. The fourth-order valence-electron chi connectivity index (χ4n) is 0.920. The average Bonchev–Trinajstić information content (AvgIpc) is 2.12. The van der Waals surface area contributed by atoms with Gasteiger partial charge >= 0.3 is 6.03 Å². The van der Waals surface area contributed by atoms with Gasteiger partial charge in [-0.1, -0.05) is 0 Å². The lowest BCUT2D eigenvalue weighted by atomic mass is 10.3. The molecule has 0 heterocycles. The van der Waals surface area contributed by atoms with E-state index < -0.39 is 17.7 Å². The van der Waals surface area contributed by atoms with Crippen LogP contribution in [0.15, 0.2) is 18.2 Å². The molecule has 0 aromatic heterocycles. The van der Waals surface area contributed by atoms with Crippen molar-refractivity contribution in [3.63, 3.8) is 0 Å². The third-order valence-corrected chi connectivity index (χ3v) is 1.51. The monoisotopic (exact) mass is 200 g/mol. The van der Waals surface area contributed by atoms with Crippen molar-refractivity contribution in [2.24, 2.45) is 0 Å². The Morgan fingerprint density at radius 3 is 2.79 bits per heavy atom. The zero-order chi connectivity index (χ0) is 10.6. The van der Waals surface area contributed by atoms with Crippen molar-refractivity contribution in [2.45, 2.75) is 6.92 Å². The first-order chi connectivity index (χ1) is 6.63. The van der Waals surface area contributed by atoms with Crippen molar-refractivity contribution in [2.75, 3.05) is 11.9 Å². The Kier molecular flexibility index (Phi) is 3.39. The molecule has 0 unspecified atom stereocenters. The van der Waals surface area contributed by atoms with Crippen LogP contribution in [0, 0.1) is 11.6 Å². The fraction of sp³-hybridized carbons (Fsp3) is 0.222. The number of amides is 2. The largest absolute Gasteiger partial charge is 0.338 e. The molecular formula is C9H10F2N2O. The zero-order valence-electron chi connectivity index (χ0n) is 7.60. The number of halogens is 2. The van der Waals surface area contributed by atoms with Gasteiger partial charge in [0.15, 0.2) is 0 Å². The van der Waals surface area contributed by atoms with Crippen molar-refractivity contribution in [3.8, 4) is 0 Å². The molecule has 0 saturated heterocycles. The number of carbonyl (C=O) groups excluding carboxylic acids is 1. The van der Waals surface area contributed by atoms with Crippen LogP contribution in [0.5, 0.6) is 0 Å². The van der Waals surface area contributed by atoms with Gasteiger partial charge in [0, 0.05) is 12.6 Å². The molecule has 3 nitrogen and oxygen atoms in total. The van der Waals surface area contributed by atoms with E-state index in [0.717, 1.165) is 18.2 Å². The second-order valence-corrected chi connectivity index (χ2v) is 2.61. The summed E-state index contributed by atoms with van der Waals surface area (Å²) in [6, 6.07) is 2.30. The Bertz CT molecular complexity index is 342. The molecule has 0 atom stereocenters. The van der Waals surface area contributed by atoms with Crippen molar-refractivity contribution >= 4 is 11.7 Å². The van der Waals surface area contributed by atoms with Crippen LogP contribution in [-0.2, 0) is 0 Å². The lowest BCUT2D eigenvalue weighted by Crippen LogP contribution is -2.28. The molecule has 2 amide bonds. The molecule has 1 rings (SSSR count). The zero-order valence-corrected chi connectivity index (χ0v) is 7.60. The minimum atomic E-state index is -0.669. The lowest BCUT2D eigenvalue weighted by Gasteiger charge is -2.06. The summed E-state index contributed by atoms with van der Waals surface area (Å²) in [7, 11) is 0. The van der Waals surface area contributed by atoms with E-state index in [0.29, 0.717) is 6.54 Å². The predicted molar refractivity (Wildman–Crippen MR) is 49.1 cm³/mol. The maximum absolute atomic E-state index is 13.0. The minimum absolute atomic E-state index is 0.170. The van der Waals surface area contributed by atoms with Gasteiger partial charge in [-0.2, -0.15) is 0 Å². The van der Waals surface area contributed by atoms with Gasteiger partial charge in [0.25, 0.3) is 0 Å². The number of anilines is 1. The van der Waals surface area contributed by atoms with Gasteiger partial charge in [0.1, 0.15) is 11.6 Å². The molecule has 14 heavy (non-hydrogen) atoms. The fourth-order valence-corrected chi connectivity index (χ4v) is 0.920. The van der Waals surface area contributed by atoms with E-state index in [1.54, 1.807) is 6.92 Å². The van der Waals surface area contributed by atoms with Crippen LogP contribution in [0.4, 0.5) is 19.3 Å². The average molecular weight is 200 g/mol. The van der Waals surface area contributed by atoms with Crippen LogP contribution >= 0.6 is 0 Å². The van der Waals surface area contributed by atoms with Crippen LogP contribution in [0.3, 0.4) is 0 Å². The van der Waals surface area contributed by atoms with Gasteiger partial charge in [-0.3, -0.25) is 0 Å². The van der Waals surface area contributed by atoms with Crippen LogP contribution in [-0.4, -0.2) is 12.6 Å². The molecule has 76 valence electrons. The van der Waals surface area contributed by atoms with E-state index >= 15 is 0 Å². The summed E-state index contributed by atoms with van der Waals surface area (Å²) in [6.45, 7) is 2.14. The summed E-state index contributed by atoms with van der Waals surface area (Å²) in [5, 5.41) is 4.59. The Hall–Kier alpha value is -1.65. The quantitative estimate of drug-likeness (QED) is 0.754. The number of hydrogen-bond acceptors (Lipinski definition) is 1. The Morgan fingerprint density at radius 1 is 1.43 bits per heavy atom. The van der Waals surface area contributed by atoms with E-state index in [4.69, 9.17) is 0 Å². The molecule has 0 spiro atoms. The Labute approximate surface area is 80.1 Å². The summed E-state index contributed by atoms with van der Waals surface area (Å²) in [5.74, 6) is -1.27. The minimum Gasteiger partial charge on any atom is -0.338 e. The first-order valence-corrected chi connectivity index (χ1v) is 4.13. The van der Waals surface area contributed by atoms with Crippen LogP contribution in [0.25, 0.3) is 0 Å². The van der Waals surface area contributed by atoms with Crippen LogP contribution < -0.4 is 10.6 Å². The number of benzene rings is 1. The standard InChI is InChI=1S/C9H10F2N2O/c1-2-12-9(14)13-8-5-6(10)3-4-7(8)11/h3-5H,2H2,1H3,(H2,12,13,14). The summed E-state index contributed by atoms with van der Waals surface area (Å²) in [4.78, 5) is 11.0. The van der Waals surface area contributed by atoms with E-state index in [-0.39, 0.29) is 5.69 Å². The van der Waals surface area contributed by atoms with Gasteiger partial charge in [-0.15, -0.1) is 0 Å².